The van der Waals surface area contributed by atoms with Gasteiger partial charge in [-0.3, -0.25) is 4.79 Å². The maximum Gasteiger partial charge on any atom is 0.270 e. The van der Waals surface area contributed by atoms with E-state index in [1.807, 2.05) is 12.1 Å². The van der Waals surface area contributed by atoms with E-state index in [1.165, 1.54) is 0 Å². The normalized spacial score (nSPS) is 16.2. The Kier molecular flexibility index (Phi) is 2.34. The maximum atomic E-state index is 12.0. The second kappa shape index (κ2) is 3.75. The van der Waals surface area contributed by atoms with E-state index in [2.05, 4.69) is 4.98 Å². The molecule has 4 nitrogen and oxygen atoms in total. The first-order valence-corrected chi connectivity index (χ1v) is 5.77. The van der Waals surface area contributed by atoms with Gasteiger partial charge in [0, 0.05) is 29.0 Å². The second-order valence-electron chi connectivity index (χ2n) is 4.25. The number of β-amino-alcohol motifs (C(OH)–C–C–N with tert-alkyl or cyclic N) is 1. The number of carbonyl (C=O) groups is 1. The number of rotatable bonds is 1. The number of halogens is 1. The van der Waals surface area contributed by atoms with Crippen LogP contribution in [0.25, 0.3) is 10.9 Å². The zero-order valence-corrected chi connectivity index (χ0v) is 9.74. The van der Waals surface area contributed by atoms with Crippen LogP contribution in [0.4, 0.5) is 0 Å². The van der Waals surface area contributed by atoms with Crippen LogP contribution < -0.4 is 0 Å². The third-order valence-electron chi connectivity index (χ3n) is 2.99. The number of H-pyrrole nitrogens is 1. The number of aromatic amines is 1. The van der Waals surface area contributed by atoms with Crippen molar-refractivity contribution in [2.45, 2.75) is 6.10 Å². The van der Waals surface area contributed by atoms with Crippen molar-refractivity contribution in [3.05, 3.63) is 35.0 Å². The van der Waals surface area contributed by atoms with Crippen LogP contribution in [0.3, 0.4) is 0 Å². The maximum absolute atomic E-state index is 12.0. The lowest BCUT2D eigenvalue weighted by molar-refractivity contribution is 0.00557. The third kappa shape index (κ3) is 1.69. The van der Waals surface area contributed by atoms with Crippen molar-refractivity contribution >= 4 is 28.4 Å². The van der Waals surface area contributed by atoms with Crippen molar-refractivity contribution in [2.75, 3.05) is 13.1 Å². The molecular weight excluding hydrogens is 240 g/mol. The van der Waals surface area contributed by atoms with Gasteiger partial charge in [0.05, 0.1) is 6.10 Å². The molecule has 2 aromatic rings. The molecule has 1 saturated heterocycles. The zero-order valence-electron chi connectivity index (χ0n) is 8.98. The van der Waals surface area contributed by atoms with Crippen LogP contribution in [-0.2, 0) is 0 Å². The topological polar surface area (TPSA) is 56.3 Å². The number of benzene rings is 1. The van der Waals surface area contributed by atoms with Crippen LogP contribution in [0.15, 0.2) is 24.3 Å². The van der Waals surface area contributed by atoms with E-state index in [1.54, 1.807) is 17.0 Å². The molecule has 0 unspecified atom stereocenters. The molecule has 17 heavy (non-hydrogen) atoms. The molecule has 2 heterocycles. The first-order valence-electron chi connectivity index (χ1n) is 5.40. The number of hydrogen-bond acceptors (Lipinski definition) is 2. The number of nitrogens with one attached hydrogen (secondary N) is 1. The van der Waals surface area contributed by atoms with Gasteiger partial charge in [0.1, 0.15) is 5.69 Å². The summed E-state index contributed by atoms with van der Waals surface area (Å²) >= 11 is 6.04. The standard InChI is InChI=1S/C12H11ClN2O2/c13-9-2-1-3-10-8(9)4-11(14-10)12(17)15-5-7(16)6-15/h1-4,7,14,16H,5-6H2. The predicted molar refractivity (Wildman–Crippen MR) is 65.2 cm³/mol. The number of carbonyl (C=O) groups excluding carboxylic acids is 1. The Hall–Kier alpha value is -1.52. The minimum Gasteiger partial charge on any atom is -0.389 e. The lowest BCUT2D eigenvalue weighted by Crippen LogP contribution is -2.53. The molecule has 1 amide bonds. The van der Waals surface area contributed by atoms with Crippen molar-refractivity contribution in [1.82, 2.24) is 9.88 Å². The quantitative estimate of drug-likeness (QED) is 0.808. The van der Waals surface area contributed by atoms with Gasteiger partial charge in [-0.15, -0.1) is 0 Å². The molecule has 2 N–H and O–H groups in total. The fourth-order valence-corrected chi connectivity index (χ4v) is 2.25. The van der Waals surface area contributed by atoms with Crippen molar-refractivity contribution in [3.8, 4) is 0 Å². The summed E-state index contributed by atoms with van der Waals surface area (Å²) in [7, 11) is 0. The molecule has 1 aliphatic rings. The summed E-state index contributed by atoms with van der Waals surface area (Å²) < 4.78 is 0. The summed E-state index contributed by atoms with van der Waals surface area (Å²) in [6, 6.07) is 7.26. The number of fused-ring (bicyclic) bond motifs is 1. The number of aliphatic hydroxyl groups excluding tert-OH is 1. The molecule has 0 saturated carbocycles. The number of likely N-dealkylation sites (tertiary alicyclic amines) is 1. The SMILES string of the molecule is O=C(c1cc2c(Cl)cccc2[nH]1)N1CC(O)C1. The highest BCUT2D eigenvalue weighted by Crippen LogP contribution is 2.25. The van der Waals surface area contributed by atoms with E-state index in [9.17, 15) is 9.90 Å². The Morgan fingerprint density at radius 3 is 2.88 bits per heavy atom. The van der Waals surface area contributed by atoms with E-state index in [-0.39, 0.29) is 12.0 Å². The molecule has 1 aromatic heterocycles. The highest BCUT2D eigenvalue weighted by atomic mass is 35.5. The molecular formula is C12H11ClN2O2. The van der Waals surface area contributed by atoms with Gasteiger partial charge in [-0.25, -0.2) is 0 Å². The zero-order chi connectivity index (χ0) is 12.0. The van der Waals surface area contributed by atoms with E-state index < -0.39 is 0 Å². The highest BCUT2D eigenvalue weighted by Gasteiger charge is 2.30. The summed E-state index contributed by atoms with van der Waals surface area (Å²) in [4.78, 5) is 16.6. The summed E-state index contributed by atoms with van der Waals surface area (Å²) in [5.74, 6) is -0.0948. The number of nitrogens with zero attached hydrogens (tertiary/aromatic N) is 1. The van der Waals surface area contributed by atoms with Crippen LogP contribution in [0.2, 0.25) is 5.02 Å². The largest absolute Gasteiger partial charge is 0.389 e. The number of amides is 1. The molecule has 88 valence electrons. The molecule has 0 aliphatic carbocycles. The Morgan fingerprint density at radius 2 is 2.24 bits per heavy atom. The first kappa shape index (κ1) is 10.6. The van der Waals surface area contributed by atoms with Gasteiger partial charge in [-0.05, 0) is 18.2 Å². The van der Waals surface area contributed by atoms with Gasteiger partial charge in [-0.1, -0.05) is 17.7 Å². The lowest BCUT2D eigenvalue weighted by Gasteiger charge is -2.35. The van der Waals surface area contributed by atoms with Crippen LogP contribution >= 0.6 is 11.6 Å². The monoisotopic (exact) mass is 250 g/mol. The van der Waals surface area contributed by atoms with Gasteiger partial charge in [0.25, 0.3) is 5.91 Å². The molecule has 0 atom stereocenters. The Balaban J connectivity index is 1.96. The fraction of sp³-hybridized carbons (Fsp3) is 0.250. The van der Waals surface area contributed by atoms with Crippen molar-refractivity contribution < 1.29 is 9.90 Å². The Labute approximate surface area is 103 Å². The number of aromatic nitrogens is 1. The van der Waals surface area contributed by atoms with Gasteiger partial charge in [0.15, 0.2) is 0 Å². The minimum atomic E-state index is -0.382. The molecule has 3 rings (SSSR count). The Morgan fingerprint density at radius 1 is 1.47 bits per heavy atom. The van der Waals surface area contributed by atoms with E-state index in [0.29, 0.717) is 23.8 Å². The van der Waals surface area contributed by atoms with Crippen LogP contribution in [0.1, 0.15) is 10.5 Å². The second-order valence-corrected chi connectivity index (χ2v) is 4.66. The van der Waals surface area contributed by atoms with Gasteiger partial charge < -0.3 is 15.0 Å². The molecule has 5 heteroatoms. The predicted octanol–water partition coefficient (Wildman–Crippen LogP) is 1.64. The molecule has 1 aliphatic heterocycles. The number of aliphatic hydroxyl groups is 1. The average Bonchev–Trinajstić information content (AvgIpc) is 2.69. The molecule has 1 fully saturated rings. The smallest absolute Gasteiger partial charge is 0.270 e. The summed E-state index contributed by atoms with van der Waals surface area (Å²) in [6.07, 6.45) is -0.382. The van der Waals surface area contributed by atoms with Crippen LogP contribution in [-0.4, -0.2) is 40.1 Å². The summed E-state index contributed by atoms with van der Waals surface area (Å²) in [5.41, 5.74) is 1.36. The van der Waals surface area contributed by atoms with Crippen LogP contribution in [0.5, 0.6) is 0 Å². The third-order valence-corrected chi connectivity index (χ3v) is 3.32. The Bertz CT molecular complexity index is 587. The van der Waals surface area contributed by atoms with Crippen molar-refractivity contribution in [2.24, 2.45) is 0 Å². The summed E-state index contributed by atoms with van der Waals surface area (Å²) in [5, 5.41) is 10.6. The lowest BCUT2D eigenvalue weighted by atomic mass is 10.1. The highest BCUT2D eigenvalue weighted by molar-refractivity contribution is 6.35. The minimum absolute atomic E-state index is 0.0948. The van der Waals surface area contributed by atoms with Gasteiger partial charge in [0.2, 0.25) is 0 Å². The summed E-state index contributed by atoms with van der Waals surface area (Å²) in [6.45, 7) is 0.809. The van der Waals surface area contributed by atoms with Crippen molar-refractivity contribution in [1.29, 1.82) is 0 Å². The van der Waals surface area contributed by atoms with Gasteiger partial charge >= 0.3 is 0 Å². The van der Waals surface area contributed by atoms with Gasteiger partial charge in [-0.2, -0.15) is 0 Å². The fourth-order valence-electron chi connectivity index (χ4n) is 2.02. The van der Waals surface area contributed by atoms with E-state index >= 15 is 0 Å². The van der Waals surface area contributed by atoms with Crippen molar-refractivity contribution in [3.63, 3.8) is 0 Å². The van der Waals surface area contributed by atoms with Crippen LogP contribution in [0, 0.1) is 0 Å². The first-order chi connectivity index (χ1) is 8.15. The molecule has 0 radical (unpaired) electrons. The number of hydrogen-bond donors (Lipinski definition) is 2. The van der Waals surface area contributed by atoms with E-state index in [0.717, 1.165) is 10.9 Å². The molecule has 1 aromatic carbocycles. The molecule has 0 bridgehead atoms. The average molecular weight is 251 g/mol. The molecule has 0 spiro atoms. The van der Waals surface area contributed by atoms with E-state index in [4.69, 9.17) is 11.6 Å².